The lowest BCUT2D eigenvalue weighted by molar-refractivity contribution is 0.243. The molecule has 0 spiro atoms. The van der Waals surface area contributed by atoms with Crippen molar-refractivity contribution < 1.29 is 0 Å². The van der Waals surface area contributed by atoms with Gasteiger partial charge in [-0.1, -0.05) is 18.2 Å². The molecule has 1 N–H and O–H groups in total. The minimum atomic E-state index is 0.169. The van der Waals surface area contributed by atoms with E-state index in [1.807, 2.05) is 0 Å². The number of rotatable bonds is 1. The molecule has 20 heavy (non-hydrogen) atoms. The molecule has 2 heterocycles. The van der Waals surface area contributed by atoms with E-state index in [0.29, 0.717) is 6.04 Å². The largest absolute Gasteiger partial charge is 0.366 e. The maximum Gasteiger partial charge on any atom is 0.0415 e. The van der Waals surface area contributed by atoms with Crippen LogP contribution in [0.4, 0.5) is 5.69 Å². The highest BCUT2D eigenvalue weighted by atomic mass is 15.2. The van der Waals surface area contributed by atoms with E-state index in [9.17, 15) is 0 Å². The molecule has 0 saturated carbocycles. The first-order chi connectivity index (χ1) is 9.55. The van der Waals surface area contributed by atoms with Crippen LogP contribution < -0.4 is 10.2 Å². The number of hydrogen-bond donors (Lipinski definition) is 1. The van der Waals surface area contributed by atoms with Gasteiger partial charge in [0.2, 0.25) is 0 Å². The minimum absolute atomic E-state index is 0.169. The Balaban J connectivity index is 1.90. The van der Waals surface area contributed by atoms with Crippen molar-refractivity contribution in [1.29, 1.82) is 0 Å². The van der Waals surface area contributed by atoms with E-state index in [1.165, 1.54) is 37.2 Å². The van der Waals surface area contributed by atoms with Crippen molar-refractivity contribution in [2.45, 2.75) is 44.8 Å². The molecule has 3 rings (SSSR count). The van der Waals surface area contributed by atoms with Crippen molar-refractivity contribution in [3.8, 4) is 0 Å². The Morgan fingerprint density at radius 1 is 1.15 bits per heavy atom. The van der Waals surface area contributed by atoms with Gasteiger partial charge >= 0.3 is 0 Å². The molecule has 0 atom stereocenters. The maximum absolute atomic E-state index is 3.70. The van der Waals surface area contributed by atoms with E-state index < -0.39 is 0 Å². The number of nitrogens with zero attached hydrogens (tertiary/aromatic N) is 2. The van der Waals surface area contributed by atoms with Crippen LogP contribution in [0, 0.1) is 0 Å². The van der Waals surface area contributed by atoms with Crippen molar-refractivity contribution >= 4 is 5.69 Å². The highest BCUT2D eigenvalue weighted by molar-refractivity contribution is 5.56. The van der Waals surface area contributed by atoms with Gasteiger partial charge in [-0.2, -0.15) is 0 Å². The van der Waals surface area contributed by atoms with Gasteiger partial charge in [-0.25, -0.2) is 0 Å². The molecular weight excluding hydrogens is 246 g/mol. The zero-order chi connectivity index (χ0) is 14.2. The van der Waals surface area contributed by atoms with Gasteiger partial charge in [0.1, 0.15) is 0 Å². The fraction of sp³-hybridized carbons (Fsp3) is 0.647. The van der Waals surface area contributed by atoms with E-state index in [0.717, 1.165) is 13.1 Å². The molecule has 0 unspecified atom stereocenters. The van der Waals surface area contributed by atoms with Gasteiger partial charge in [0.05, 0.1) is 0 Å². The normalized spacial score (nSPS) is 24.2. The van der Waals surface area contributed by atoms with Crippen LogP contribution >= 0.6 is 0 Å². The quantitative estimate of drug-likeness (QED) is 0.848. The summed E-state index contributed by atoms with van der Waals surface area (Å²) in [5.41, 5.74) is 3.06. The predicted molar refractivity (Wildman–Crippen MR) is 85.2 cm³/mol. The number of fused-ring (bicyclic) bond motifs is 1. The van der Waals surface area contributed by atoms with E-state index >= 15 is 0 Å². The third-order valence-corrected chi connectivity index (χ3v) is 4.75. The zero-order valence-electron chi connectivity index (χ0n) is 13.0. The van der Waals surface area contributed by atoms with E-state index in [4.69, 9.17) is 0 Å². The smallest absolute Gasteiger partial charge is 0.0415 e. The van der Waals surface area contributed by atoms with Crippen molar-refractivity contribution in [2.24, 2.45) is 0 Å². The number of hydrogen-bond acceptors (Lipinski definition) is 3. The van der Waals surface area contributed by atoms with Gasteiger partial charge in [0.25, 0.3) is 0 Å². The molecule has 0 aliphatic carbocycles. The van der Waals surface area contributed by atoms with Gasteiger partial charge in [-0.3, -0.25) is 0 Å². The number of piperidine rings is 1. The van der Waals surface area contributed by atoms with Crippen molar-refractivity contribution in [3.63, 3.8) is 0 Å². The van der Waals surface area contributed by atoms with Gasteiger partial charge in [-0.15, -0.1) is 0 Å². The van der Waals surface area contributed by atoms with Gasteiger partial charge < -0.3 is 15.1 Å². The molecule has 0 amide bonds. The van der Waals surface area contributed by atoms with Crippen LogP contribution in [0.3, 0.4) is 0 Å². The Morgan fingerprint density at radius 2 is 1.85 bits per heavy atom. The number of likely N-dealkylation sites (tertiary alicyclic amines) is 1. The van der Waals surface area contributed by atoms with Crippen LogP contribution in [0.2, 0.25) is 0 Å². The standard InChI is InChI=1S/C17H27N3/c1-17(2)13-20(15-8-10-19(3)11-9-15)16-7-5-4-6-14(16)12-18-17/h4-7,15,18H,8-13H2,1-3H3. The topological polar surface area (TPSA) is 18.5 Å². The summed E-state index contributed by atoms with van der Waals surface area (Å²) in [5.74, 6) is 0. The third kappa shape index (κ3) is 2.84. The highest BCUT2D eigenvalue weighted by Crippen LogP contribution is 2.31. The molecule has 3 heteroatoms. The second-order valence-corrected chi connectivity index (χ2v) is 7.03. The van der Waals surface area contributed by atoms with Crippen LogP contribution in [0.15, 0.2) is 24.3 Å². The molecule has 3 nitrogen and oxygen atoms in total. The summed E-state index contributed by atoms with van der Waals surface area (Å²) in [4.78, 5) is 5.12. The molecule has 2 aliphatic rings. The Kier molecular flexibility index (Phi) is 3.74. The Hall–Kier alpha value is -1.06. The molecule has 110 valence electrons. The highest BCUT2D eigenvalue weighted by Gasteiger charge is 2.32. The number of para-hydroxylation sites is 1. The Morgan fingerprint density at radius 3 is 2.60 bits per heavy atom. The van der Waals surface area contributed by atoms with Crippen molar-refractivity contribution in [2.75, 3.05) is 31.6 Å². The first-order valence-corrected chi connectivity index (χ1v) is 7.83. The van der Waals surface area contributed by atoms with Crippen molar-refractivity contribution in [1.82, 2.24) is 10.2 Å². The second kappa shape index (κ2) is 5.38. The third-order valence-electron chi connectivity index (χ3n) is 4.75. The summed E-state index contributed by atoms with van der Waals surface area (Å²) < 4.78 is 0. The lowest BCUT2D eigenvalue weighted by atomic mass is 9.98. The summed E-state index contributed by atoms with van der Waals surface area (Å²) in [5, 5.41) is 3.70. The summed E-state index contributed by atoms with van der Waals surface area (Å²) in [6, 6.07) is 9.60. The molecule has 0 bridgehead atoms. The van der Waals surface area contributed by atoms with Crippen LogP contribution in [0.1, 0.15) is 32.3 Å². The Bertz CT molecular complexity index is 461. The molecule has 0 radical (unpaired) electrons. The first-order valence-electron chi connectivity index (χ1n) is 7.83. The molecule has 2 aliphatic heterocycles. The zero-order valence-corrected chi connectivity index (χ0v) is 13.0. The van der Waals surface area contributed by atoms with Gasteiger partial charge in [0, 0.05) is 30.4 Å². The van der Waals surface area contributed by atoms with Crippen LogP contribution in [0.25, 0.3) is 0 Å². The predicted octanol–water partition coefficient (Wildman–Crippen LogP) is 2.47. The van der Waals surface area contributed by atoms with Gasteiger partial charge in [0.15, 0.2) is 0 Å². The SMILES string of the molecule is CN1CCC(N2CC(C)(C)NCc3ccccc32)CC1. The summed E-state index contributed by atoms with van der Waals surface area (Å²) in [7, 11) is 2.23. The number of anilines is 1. The Labute approximate surface area is 123 Å². The summed E-state index contributed by atoms with van der Waals surface area (Å²) >= 11 is 0. The summed E-state index contributed by atoms with van der Waals surface area (Å²) in [6.45, 7) is 9.15. The average Bonchev–Trinajstić information content (AvgIpc) is 2.57. The maximum atomic E-state index is 3.70. The molecule has 1 saturated heterocycles. The fourth-order valence-corrected chi connectivity index (χ4v) is 3.47. The van der Waals surface area contributed by atoms with E-state index in [1.54, 1.807) is 0 Å². The average molecular weight is 273 g/mol. The minimum Gasteiger partial charge on any atom is -0.366 e. The first kappa shape index (κ1) is 13.9. The lowest BCUT2D eigenvalue weighted by Crippen LogP contribution is -2.52. The molecule has 1 aromatic rings. The molecular formula is C17H27N3. The molecule has 0 aromatic heterocycles. The number of benzene rings is 1. The molecule has 1 fully saturated rings. The number of nitrogens with one attached hydrogen (secondary N) is 1. The summed E-state index contributed by atoms with van der Waals surface area (Å²) in [6.07, 6.45) is 2.56. The molecule has 1 aromatic carbocycles. The monoisotopic (exact) mass is 273 g/mol. The van der Waals surface area contributed by atoms with Crippen molar-refractivity contribution in [3.05, 3.63) is 29.8 Å². The second-order valence-electron chi connectivity index (χ2n) is 7.03. The van der Waals surface area contributed by atoms with E-state index in [-0.39, 0.29) is 5.54 Å². The van der Waals surface area contributed by atoms with Crippen LogP contribution in [0.5, 0.6) is 0 Å². The van der Waals surface area contributed by atoms with E-state index in [2.05, 4.69) is 60.3 Å². The lowest BCUT2D eigenvalue weighted by Gasteiger charge is -2.41. The van der Waals surface area contributed by atoms with Crippen LogP contribution in [-0.2, 0) is 6.54 Å². The van der Waals surface area contributed by atoms with Crippen LogP contribution in [-0.4, -0.2) is 43.2 Å². The fourth-order valence-electron chi connectivity index (χ4n) is 3.47. The van der Waals surface area contributed by atoms with Gasteiger partial charge in [-0.05, 0) is 58.5 Å².